The SMILES string of the molecule is CC1CCN(S(=O)(=O)N2CCC(C(=O)NCCCN3CCOCC3)CC2)CC1. The number of piperidine rings is 2. The van der Waals surface area contributed by atoms with Gasteiger partial charge in [0.25, 0.3) is 10.2 Å². The second kappa shape index (κ2) is 10.3. The van der Waals surface area contributed by atoms with E-state index in [-0.39, 0.29) is 11.8 Å². The van der Waals surface area contributed by atoms with Gasteiger partial charge in [0.1, 0.15) is 0 Å². The van der Waals surface area contributed by atoms with Crippen LogP contribution in [0.2, 0.25) is 0 Å². The Balaban J connectivity index is 1.35. The number of nitrogens with zero attached hydrogens (tertiary/aromatic N) is 3. The van der Waals surface area contributed by atoms with Crippen LogP contribution in [0.25, 0.3) is 0 Å². The minimum Gasteiger partial charge on any atom is -0.379 e. The summed E-state index contributed by atoms with van der Waals surface area (Å²) in [6.45, 7) is 9.49. The van der Waals surface area contributed by atoms with Crippen molar-refractivity contribution in [1.82, 2.24) is 18.8 Å². The number of amides is 1. The number of morpholine rings is 1. The van der Waals surface area contributed by atoms with E-state index in [0.29, 0.717) is 51.5 Å². The maximum atomic E-state index is 12.8. The molecule has 28 heavy (non-hydrogen) atoms. The molecule has 0 atom stereocenters. The van der Waals surface area contributed by atoms with Crippen LogP contribution in [0.1, 0.15) is 39.0 Å². The quantitative estimate of drug-likeness (QED) is 0.612. The van der Waals surface area contributed by atoms with Gasteiger partial charge in [0.15, 0.2) is 0 Å². The van der Waals surface area contributed by atoms with Crippen molar-refractivity contribution in [2.75, 3.05) is 65.6 Å². The Labute approximate surface area is 169 Å². The molecule has 1 amide bonds. The molecule has 0 bridgehead atoms. The average molecular weight is 417 g/mol. The minimum atomic E-state index is -3.37. The molecule has 0 unspecified atom stereocenters. The number of hydrogen-bond donors (Lipinski definition) is 1. The first kappa shape index (κ1) is 22.0. The zero-order valence-electron chi connectivity index (χ0n) is 17.1. The van der Waals surface area contributed by atoms with Crippen molar-refractivity contribution in [2.24, 2.45) is 11.8 Å². The lowest BCUT2D eigenvalue weighted by Crippen LogP contribution is -2.50. The van der Waals surface area contributed by atoms with Crippen molar-refractivity contribution >= 4 is 16.1 Å². The normalized spacial score (nSPS) is 25.0. The van der Waals surface area contributed by atoms with Gasteiger partial charge in [-0.3, -0.25) is 9.69 Å². The molecule has 8 nitrogen and oxygen atoms in total. The van der Waals surface area contributed by atoms with Crippen molar-refractivity contribution in [2.45, 2.75) is 39.0 Å². The zero-order chi connectivity index (χ0) is 20.0. The zero-order valence-corrected chi connectivity index (χ0v) is 18.0. The van der Waals surface area contributed by atoms with Gasteiger partial charge in [-0.15, -0.1) is 0 Å². The van der Waals surface area contributed by atoms with Crippen LogP contribution in [-0.2, 0) is 19.7 Å². The fourth-order valence-corrected chi connectivity index (χ4v) is 5.88. The van der Waals surface area contributed by atoms with Crippen LogP contribution in [0.4, 0.5) is 0 Å². The van der Waals surface area contributed by atoms with E-state index in [4.69, 9.17) is 4.74 Å². The fourth-order valence-electron chi connectivity index (χ4n) is 4.21. The highest BCUT2D eigenvalue weighted by molar-refractivity contribution is 7.86. The van der Waals surface area contributed by atoms with E-state index in [1.807, 2.05) is 0 Å². The first-order valence-electron chi connectivity index (χ1n) is 10.8. The summed E-state index contributed by atoms with van der Waals surface area (Å²) in [7, 11) is -3.37. The van der Waals surface area contributed by atoms with Crippen molar-refractivity contribution in [3.8, 4) is 0 Å². The summed E-state index contributed by atoms with van der Waals surface area (Å²) >= 11 is 0. The predicted octanol–water partition coefficient (Wildman–Crippen LogP) is 0.514. The molecule has 0 aromatic rings. The smallest absolute Gasteiger partial charge is 0.281 e. The Morgan fingerprint density at radius 3 is 2.14 bits per heavy atom. The van der Waals surface area contributed by atoms with E-state index in [0.717, 1.165) is 52.1 Å². The molecule has 3 saturated heterocycles. The van der Waals surface area contributed by atoms with Crippen LogP contribution in [0, 0.1) is 11.8 Å². The molecule has 3 rings (SSSR count). The summed E-state index contributed by atoms with van der Waals surface area (Å²) in [5.41, 5.74) is 0. The Bertz CT molecular complexity index is 593. The largest absolute Gasteiger partial charge is 0.379 e. The molecule has 0 radical (unpaired) electrons. The molecule has 3 fully saturated rings. The van der Waals surface area contributed by atoms with Gasteiger partial charge in [-0.05, 0) is 44.6 Å². The molecule has 162 valence electrons. The van der Waals surface area contributed by atoms with Gasteiger partial charge in [0.05, 0.1) is 13.2 Å². The summed E-state index contributed by atoms with van der Waals surface area (Å²) in [5.74, 6) is 0.603. The van der Waals surface area contributed by atoms with Gasteiger partial charge in [0, 0.05) is 51.7 Å². The standard InChI is InChI=1S/C19H36N4O4S/c1-17-3-9-22(10-4-17)28(25,26)23-11-5-18(6-12-23)19(24)20-7-2-8-21-13-15-27-16-14-21/h17-18H,2-16H2,1H3,(H,20,24). The third-order valence-electron chi connectivity index (χ3n) is 6.27. The molecule has 0 aromatic carbocycles. The first-order valence-corrected chi connectivity index (χ1v) is 12.2. The third kappa shape index (κ3) is 5.89. The molecular weight excluding hydrogens is 380 g/mol. The van der Waals surface area contributed by atoms with Crippen molar-refractivity contribution in [3.63, 3.8) is 0 Å². The van der Waals surface area contributed by atoms with Crippen molar-refractivity contribution in [3.05, 3.63) is 0 Å². The predicted molar refractivity (Wildman–Crippen MR) is 108 cm³/mol. The van der Waals surface area contributed by atoms with Gasteiger partial charge in [-0.1, -0.05) is 6.92 Å². The molecule has 0 saturated carbocycles. The molecular formula is C19H36N4O4S. The highest BCUT2D eigenvalue weighted by Crippen LogP contribution is 2.25. The number of nitrogens with one attached hydrogen (secondary N) is 1. The number of rotatable bonds is 7. The molecule has 9 heteroatoms. The van der Waals surface area contributed by atoms with E-state index < -0.39 is 10.2 Å². The molecule has 0 aromatic heterocycles. The van der Waals surface area contributed by atoms with Gasteiger partial charge >= 0.3 is 0 Å². The lowest BCUT2D eigenvalue weighted by Gasteiger charge is -2.37. The Morgan fingerprint density at radius 1 is 0.964 bits per heavy atom. The van der Waals surface area contributed by atoms with Gasteiger partial charge < -0.3 is 10.1 Å². The summed E-state index contributed by atoms with van der Waals surface area (Å²) < 4.78 is 34.2. The first-order chi connectivity index (χ1) is 13.5. The number of ether oxygens (including phenoxy) is 1. The Hall–Kier alpha value is -0.740. The number of hydrogen-bond acceptors (Lipinski definition) is 5. The van der Waals surface area contributed by atoms with Gasteiger partial charge in [0.2, 0.25) is 5.91 Å². The summed E-state index contributed by atoms with van der Waals surface area (Å²) in [6.07, 6.45) is 4.02. The molecule has 3 heterocycles. The topological polar surface area (TPSA) is 82.2 Å². The number of carbonyl (C=O) groups is 1. The van der Waals surface area contributed by atoms with E-state index in [2.05, 4.69) is 17.1 Å². The summed E-state index contributed by atoms with van der Waals surface area (Å²) in [5, 5.41) is 3.04. The maximum Gasteiger partial charge on any atom is 0.281 e. The Kier molecular flexibility index (Phi) is 8.11. The molecule has 0 aliphatic carbocycles. The number of carbonyl (C=O) groups excluding carboxylic acids is 1. The van der Waals surface area contributed by atoms with Crippen molar-refractivity contribution in [1.29, 1.82) is 0 Å². The summed E-state index contributed by atoms with van der Waals surface area (Å²) in [6, 6.07) is 0. The lowest BCUT2D eigenvalue weighted by atomic mass is 9.97. The van der Waals surface area contributed by atoms with Crippen LogP contribution in [0.15, 0.2) is 0 Å². The second-order valence-corrected chi connectivity index (χ2v) is 10.3. The van der Waals surface area contributed by atoms with Gasteiger partial charge in [-0.2, -0.15) is 17.0 Å². The summed E-state index contributed by atoms with van der Waals surface area (Å²) in [4.78, 5) is 14.8. The third-order valence-corrected chi connectivity index (χ3v) is 8.31. The average Bonchev–Trinajstić information content (AvgIpc) is 2.72. The molecule has 1 N–H and O–H groups in total. The van der Waals surface area contributed by atoms with Crippen LogP contribution < -0.4 is 5.32 Å². The minimum absolute atomic E-state index is 0.0729. The molecule has 3 aliphatic rings. The Morgan fingerprint density at radius 2 is 1.54 bits per heavy atom. The monoisotopic (exact) mass is 416 g/mol. The van der Waals surface area contributed by atoms with Gasteiger partial charge in [-0.25, -0.2) is 0 Å². The van der Waals surface area contributed by atoms with Crippen LogP contribution in [0.5, 0.6) is 0 Å². The highest BCUT2D eigenvalue weighted by atomic mass is 32.2. The maximum absolute atomic E-state index is 12.8. The van der Waals surface area contributed by atoms with Crippen LogP contribution >= 0.6 is 0 Å². The molecule has 3 aliphatic heterocycles. The molecule has 0 spiro atoms. The fraction of sp³-hybridized carbons (Fsp3) is 0.947. The second-order valence-electron chi connectivity index (χ2n) is 8.36. The van der Waals surface area contributed by atoms with Crippen LogP contribution in [0.3, 0.4) is 0 Å². The highest BCUT2D eigenvalue weighted by Gasteiger charge is 2.35. The van der Waals surface area contributed by atoms with Crippen LogP contribution in [-0.4, -0.2) is 93.4 Å². The van der Waals surface area contributed by atoms with E-state index in [1.54, 1.807) is 8.61 Å². The van der Waals surface area contributed by atoms with E-state index >= 15 is 0 Å². The van der Waals surface area contributed by atoms with Crippen molar-refractivity contribution < 1.29 is 17.9 Å². The van der Waals surface area contributed by atoms with E-state index in [9.17, 15) is 13.2 Å². The van der Waals surface area contributed by atoms with E-state index in [1.165, 1.54) is 0 Å². The lowest BCUT2D eigenvalue weighted by molar-refractivity contribution is -0.126.